The van der Waals surface area contributed by atoms with Crippen molar-refractivity contribution in [3.05, 3.63) is 0 Å². The van der Waals surface area contributed by atoms with E-state index in [9.17, 15) is 9.59 Å². The minimum atomic E-state index is -0.302. The van der Waals surface area contributed by atoms with E-state index in [4.69, 9.17) is 9.47 Å². The molecule has 0 unspecified atom stereocenters. The molecule has 0 aliphatic heterocycles. The van der Waals surface area contributed by atoms with Crippen LogP contribution in [0, 0.1) is 0 Å². The first-order chi connectivity index (χ1) is 8.19. The van der Waals surface area contributed by atoms with Gasteiger partial charge in [-0.15, -0.1) is 0 Å². The topological polar surface area (TPSA) is 55.8 Å². The minimum Gasteiger partial charge on any atom is -0.466 e. The lowest BCUT2D eigenvalue weighted by molar-refractivity contribution is -0.146. The van der Waals surface area contributed by atoms with Crippen LogP contribution in [-0.2, 0) is 19.1 Å². The molecule has 5 nitrogen and oxygen atoms in total. The Hall–Kier alpha value is -1.10. The molecule has 1 rings (SSSR count). The monoisotopic (exact) mass is 243 g/mol. The summed E-state index contributed by atoms with van der Waals surface area (Å²) in [4.78, 5) is 24.9. The summed E-state index contributed by atoms with van der Waals surface area (Å²) in [6.07, 6.45) is 2.53. The number of hydrogen-bond donors (Lipinski definition) is 0. The normalized spacial score (nSPS) is 14.5. The molecule has 0 aromatic heterocycles. The van der Waals surface area contributed by atoms with E-state index in [0.29, 0.717) is 25.8 Å². The zero-order chi connectivity index (χ0) is 12.7. The third-order valence-electron chi connectivity index (χ3n) is 2.69. The maximum absolute atomic E-state index is 11.9. The molecule has 0 atom stereocenters. The van der Waals surface area contributed by atoms with Gasteiger partial charge in [0.15, 0.2) is 0 Å². The summed E-state index contributed by atoms with van der Waals surface area (Å²) in [5.74, 6) is -0.277. The molecule has 0 N–H and O–H groups in total. The van der Waals surface area contributed by atoms with Crippen molar-refractivity contribution in [2.75, 3.05) is 26.9 Å². The van der Waals surface area contributed by atoms with Crippen LogP contribution in [-0.4, -0.2) is 49.7 Å². The average Bonchev–Trinajstić information content (AvgIpc) is 3.11. The average molecular weight is 243 g/mol. The molecule has 0 aromatic rings. The van der Waals surface area contributed by atoms with E-state index in [1.165, 1.54) is 0 Å². The van der Waals surface area contributed by atoms with Gasteiger partial charge in [-0.3, -0.25) is 9.59 Å². The van der Waals surface area contributed by atoms with Gasteiger partial charge in [0.05, 0.1) is 19.6 Å². The number of amides is 1. The Balaban J connectivity index is 2.29. The van der Waals surface area contributed by atoms with Gasteiger partial charge in [-0.2, -0.15) is 0 Å². The molecule has 1 saturated carbocycles. The lowest BCUT2D eigenvalue weighted by atomic mass is 10.2. The van der Waals surface area contributed by atoms with E-state index in [1.807, 2.05) is 4.90 Å². The molecular weight excluding hydrogens is 222 g/mol. The van der Waals surface area contributed by atoms with Gasteiger partial charge in [0.1, 0.15) is 0 Å². The Kier molecular flexibility index (Phi) is 5.97. The third-order valence-corrected chi connectivity index (χ3v) is 2.69. The van der Waals surface area contributed by atoms with Gasteiger partial charge < -0.3 is 14.4 Å². The van der Waals surface area contributed by atoms with Gasteiger partial charge in [-0.1, -0.05) is 0 Å². The molecule has 0 heterocycles. The number of methoxy groups -OCH3 is 1. The van der Waals surface area contributed by atoms with Crippen molar-refractivity contribution in [1.82, 2.24) is 4.90 Å². The van der Waals surface area contributed by atoms with Crippen LogP contribution in [0.1, 0.15) is 32.6 Å². The summed E-state index contributed by atoms with van der Waals surface area (Å²) in [6.45, 7) is 3.28. The predicted molar refractivity (Wildman–Crippen MR) is 62.5 cm³/mol. The van der Waals surface area contributed by atoms with E-state index >= 15 is 0 Å². The van der Waals surface area contributed by atoms with E-state index in [-0.39, 0.29) is 24.7 Å². The number of hydrogen-bond acceptors (Lipinski definition) is 4. The van der Waals surface area contributed by atoms with Crippen molar-refractivity contribution < 1.29 is 19.1 Å². The van der Waals surface area contributed by atoms with Gasteiger partial charge in [0, 0.05) is 26.1 Å². The van der Waals surface area contributed by atoms with Gasteiger partial charge in [-0.25, -0.2) is 0 Å². The predicted octanol–water partition coefficient (Wildman–Crippen LogP) is 0.967. The lowest BCUT2D eigenvalue weighted by Gasteiger charge is -2.21. The van der Waals surface area contributed by atoms with Crippen molar-refractivity contribution in [2.24, 2.45) is 0 Å². The van der Waals surface area contributed by atoms with Gasteiger partial charge in [0.25, 0.3) is 0 Å². The summed E-state index contributed by atoms with van der Waals surface area (Å²) in [5, 5.41) is 0. The fourth-order valence-electron chi connectivity index (χ4n) is 1.67. The first-order valence-electron chi connectivity index (χ1n) is 6.13. The van der Waals surface area contributed by atoms with Gasteiger partial charge in [-0.05, 0) is 19.8 Å². The van der Waals surface area contributed by atoms with Gasteiger partial charge in [0.2, 0.25) is 5.91 Å². The molecule has 5 heteroatoms. The maximum atomic E-state index is 11.9. The van der Waals surface area contributed by atoms with Crippen molar-refractivity contribution >= 4 is 11.9 Å². The number of rotatable bonds is 8. The molecule has 0 aromatic carbocycles. The van der Waals surface area contributed by atoms with Crippen LogP contribution < -0.4 is 0 Å². The molecule has 0 radical (unpaired) electrons. The van der Waals surface area contributed by atoms with Crippen LogP contribution in [0.25, 0.3) is 0 Å². The smallest absolute Gasteiger partial charge is 0.306 e. The van der Waals surface area contributed by atoms with Crippen molar-refractivity contribution in [3.63, 3.8) is 0 Å². The molecule has 1 fully saturated rings. The molecule has 0 bridgehead atoms. The third kappa shape index (κ3) is 5.17. The second-order valence-corrected chi connectivity index (χ2v) is 4.12. The molecular formula is C12H21NO4. The molecule has 0 spiro atoms. The Labute approximate surface area is 102 Å². The first-order valence-corrected chi connectivity index (χ1v) is 6.13. The SMILES string of the molecule is CCOC(=O)CCC(=O)N(CCOC)C1CC1. The summed E-state index contributed by atoms with van der Waals surface area (Å²) in [7, 11) is 1.62. The number of carbonyl (C=O) groups is 2. The zero-order valence-corrected chi connectivity index (χ0v) is 10.6. The van der Waals surface area contributed by atoms with Crippen LogP contribution >= 0.6 is 0 Å². The van der Waals surface area contributed by atoms with Crippen molar-refractivity contribution in [3.8, 4) is 0 Å². The Morgan fingerprint density at radius 2 is 2.00 bits per heavy atom. The van der Waals surface area contributed by atoms with E-state index in [1.54, 1.807) is 14.0 Å². The highest BCUT2D eigenvalue weighted by Gasteiger charge is 2.32. The maximum Gasteiger partial charge on any atom is 0.306 e. The second-order valence-electron chi connectivity index (χ2n) is 4.12. The van der Waals surface area contributed by atoms with Gasteiger partial charge >= 0.3 is 5.97 Å². The van der Waals surface area contributed by atoms with Crippen molar-refractivity contribution in [1.29, 1.82) is 0 Å². The minimum absolute atomic E-state index is 0.0256. The standard InChI is InChI=1S/C12H21NO4/c1-3-17-12(15)7-6-11(14)13(8-9-16-2)10-4-5-10/h10H,3-9H2,1-2H3. The number of carbonyl (C=O) groups excluding carboxylic acids is 2. The highest BCUT2D eigenvalue weighted by atomic mass is 16.5. The van der Waals surface area contributed by atoms with Crippen molar-refractivity contribution in [2.45, 2.75) is 38.6 Å². The molecule has 17 heavy (non-hydrogen) atoms. The van der Waals surface area contributed by atoms with Crippen LogP contribution in [0.3, 0.4) is 0 Å². The lowest BCUT2D eigenvalue weighted by Crippen LogP contribution is -2.36. The first kappa shape index (κ1) is 14.0. The second kappa shape index (κ2) is 7.27. The summed E-state index contributed by atoms with van der Waals surface area (Å²) >= 11 is 0. The summed E-state index contributed by atoms with van der Waals surface area (Å²) in [6, 6.07) is 0.361. The van der Waals surface area contributed by atoms with Crippen LogP contribution in [0.5, 0.6) is 0 Å². The molecule has 1 aliphatic rings. The summed E-state index contributed by atoms with van der Waals surface area (Å²) < 4.78 is 9.77. The highest BCUT2D eigenvalue weighted by Crippen LogP contribution is 2.27. The Bertz CT molecular complexity index is 263. The van der Waals surface area contributed by atoms with Crippen LogP contribution in [0.2, 0.25) is 0 Å². The highest BCUT2D eigenvalue weighted by molar-refractivity contribution is 5.81. The fraction of sp³-hybridized carbons (Fsp3) is 0.833. The Morgan fingerprint density at radius 1 is 1.29 bits per heavy atom. The molecule has 0 saturated heterocycles. The number of nitrogens with zero attached hydrogens (tertiary/aromatic N) is 1. The quantitative estimate of drug-likeness (QED) is 0.596. The fourth-order valence-corrected chi connectivity index (χ4v) is 1.67. The molecule has 98 valence electrons. The number of ether oxygens (including phenoxy) is 2. The largest absolute Gasteiger partial charge is 0.466 e. The Morgan fingerprint density at radius 3 is 2.53 bits per heavy atom. The van der Waals surface area contributed by atoms with Crippen LogP contribution in [0.15, 0.2) is 0 Å². The van der Waals surface area contributed by atoms with E-state index in [2.05, 4.69) is 0 Å². The van der Waals surface area contributed by atoms with E-state index < -0.39 is 0 Å². The van der Waals surface area contributed by atoms with Crippen LogP contribution in [0.4, 0.5) is 0 Å². The van der Waals surface area contributed by atoms with E-state index in [0.717, 1.165) is 12.8 Å². The number of esters is 1. The zero-order valence-electron chi connectivity index (χ0n) is 10.6. The molecule has 1 amide bonds. The molecule has 1 aliphatic carbocycles. The summed E-state index contributed by atoms with van der Waals surface area (Å²) in [5.41, 5.74) is 0.